The number of para-hydroxylation sites is 1. The summed E-state index contributed by atoms with van der Waals surface area (Å²) in [4.78, 5) is 10.9. The number of rotatable bonds is 3. The minimum absolute atomic E-state index is 0.0258. The number of hydrogen-bond donors (Lipinski definition) is 2. The first-order chi connectivity index (χ1) is 8.67. The predicted molar refractivity (Wildman–Crippen MR) is 67.1 cm³/mol. The van der Waals surface area contributed by atoms with Gasteiger partial charge in [-0.1, -0.05) is 18.2 Å². The molecule has 18 heavy (non-hydrogen) atoms. The summed E-state index contributed by atoms with van der Waals surface area (Å²) in [5.41, 5.74) is 1.16. The smallest absolute Gasteiger partial charge is 0.165 e. The van der Waals surface area contributed by atoms with E-state index in [2.05, 4.69) is 0 Å². The van der Waals surface area contributed by atoms with E-state index in [0.29, 0.717) is 23.0 Å². The van der Waals surface area contributed by atoms with Crippen LogP contribution in [0, 0.1) is 0 Å². The third-order valence-electron chi connectivity index (χ3n) is 2.65. The van der Waals surface area contributed by atoms with Crippen molar-refractivity contribution < 1.29 is 19.7 Å². The molecule has 0 saturated carbocycles. The Labute approximate surface area is 104 Å². The van der Waals surface area contributed by atoms with E-state index in [1.807, 2.05) is 0 Å². The van der Waals surface area contributed by atoms with Crippen LogP contribution in [-0.4, -0.2) is 23.6 Å². The maximum Gasteiger partial charge on any atom is 0.165 e. The summed E-state index contributed by atoms with van der Waals surface area (Å²) in [6, 6.07) is 9.50. The van der Waals surface area contributed by atoms with E-state index in [1.54, 1.807) is 18.2 Å². The molecule has 0 aliphatic rings. The summed E-state index contributed by atoms with van der Waals surface area (Å²) in [6.07, 6.45) is 0.658. The van der Waals surface area contributed by atoms with Gasteiger partial charge in [0.2, 0.25) is 0 Å². The fourth-order valence-electron chi connectivity index (χ4n) is 1.76. The standard InChI is InChI=1S/C14H12O4/c1-18-13-7-9(8-15)6-11(14(13)17)10-4-2-3-5-12(10)16/h2-8,16-17H,1H3. The number of benzene rings is 2. The number of carbonyl (C=O) groups is 1. The molecule has 0 spiro atoms. The first-order valence-electron chi connectivity index (χ1n) is 5.32. The summed E-state index contributed by atoms with van der Waals surface area (Å²) in [7, 11) is 1.40. The number of methoxy groups -OCH3 is 1. The van der Waals surface area contributed by atoms with Crippen LogP contribution < -0.4 is 4.74 Å². The lowest BCUT2D eigenvalue weighted by Crippen LogP contribution is -1.90. The van der Waals surface area contributed by atoms with Gasteiger partial charge in [-0.15, -0.1) is 0 Å². The topological polar surface area (TPSA) is 66.8 Å². The van der Waals surface area contributed by atoms with Crippen molar-refractivity contribution in [3.63, 3.8) is 0 Å². The lowest BCUT2D eigenvalue weighted by Gasteiger charge is -2.11. The zero-order chi connectivity index (χ0) is 13.1. The van der Waals surface area contributed by atoms with Crippen molar-refractivity contribution in [1.29, 1.82) is 0 Å². The van der Waals surface area contributed by atoms with E-state index in [4.69, 9.17) is 4.74 Å². The van der Waals surface area contributed by atoms with Crippen LogP contribution in [0.5, 0.6) is 17.2 Å². The molecular formula is C14H12O4. The minimum Gasteiger partial charge on any atom is -0.507 e. The van der Waals surface area contributed by atoms with Crippen molar-refractivity contribution >= 4 is 6.29 Å². The second-order valence-electron chi connectivity index (χ2n) is 3.75. The Morgan fingerprint density at radius 2 is 1.83 bits per heavy atom. The lowest BCUT2D eigenvalue weighted by atomic mass is 10.0. The zero-order valence-corrected chi connectivity index (χ0v) is 9.75. The molecule has 0 radical (unpaired) electrons. The Kier molecular flexibility index (Phi) is 3.19. The Balaban J connectivity index is 2.70. The van der Waals surface area contributed by atoms with E-state index < -0.39 is 0 Å². The highest BCUT2D eigenvalue weighted by Gasteiger charge is 2.14. The van der Waals surface area contributed by atoms with Crippen molar-refractivity contribution in [3.8, 4) is 28.4 Å². The van der Waals surface area contributed by atoms with Crippen LogP contribution in [0.25, 0.3) is 11.1 Å². The summed E-state index contributed by atoms with van der Waals surface area (Å²) in [5.74, 6) is 0.111. The van der Waals surface area contributed by atoms with Crippen LogP contribution in [0.15, 0.2) is 36.4 Å². The third kappa shape index (κ3) is 2.00. The van der Waals surface area contributed by atoms with Crippen LogP contribution >= 0.6 is 0 Å². The van der Waals surface area contributed by atoms with Gasteiger partial charge in [-0.05, 0) is 18.2 Å². The van der Waals surface area contributed by atoms with Gasteiger partial charge >= 0.3 is 0 Å². The van der Waals surface area contributed by atoms with Crippen LogP contribution in [0.2, 0.25) is 0 Å². The number of aromatic hydroxyl groups is 2. The van der Waals surface area contributed by atoms with E-state index in [9.17, 15) is 15.0 Å². The summed E-state index contributed by atoms with van der Waals surface area (Å²) < 4.78 is 5.00. The van der Waals surface area contributed by atoms with Gasteiger partial charge in [0.25, 0.3) is 0 Å². The zero-order valence-electron chi connectivity index (χ0n) is 9.75. The number of phenols is 2. The molecule has 0 atom stereocenters. The average Bonchev–Trinajstić information content (AvgIpc) is 2.40. The molecular weight excluding hydrogens is 232 g/mol. The molecule has 2 aromatic rings. The highest BCUT2D eigenvalue weighted by atomic mass is 16.5. The molecule has 4 heteroatoms. The number of hydrogen-bond acceptors (Lipinski definition) is 4. The highest BCUT2D eigenvalue weighted by molar-refractivity contribution is 5.85. The van der Waals surface area contributed by atoms with Crippen LogP contribution in [-0.2, 0) is 0 Å². The Morgan fingerprint density at radius 1 is 1.11 bits per heavy atom. The average molecular weight is 244 g/mol. The Hall–Kier alpha value is -2.49. The molecule has 4 nitrogen and oxygen atoms in total. The lowest BCUT2D eigenvalue weighted by molar-refractivity contribution is 0.112. The number of ether oxygens (including phenoxy) is 1. The van der Waals surface area contributed by atoms with Gasteiger partial charge in [0.15, 0.2) is 11.5 Å². The quantitative estimate of drug-likeness (QED) is 0.814. The number of aldehydes is 1. The summed E-state index contributed by atoms with van der Waals surface area (Å²) >= 11 is 0. The van der Waals surface area contributed by atoms with Gasteiger partial charge in [0, 0.05) is 16.7 Å². The maximum absolute atomic E-state index is 10.9. The van der Waals surface area contributed by atoms with E-state index in [1.165, 1.54) is 25.3 Å². The molecule has 0 aromatic heterocycles. The summed E-state index contributed by atoms with van der Waals surface area (Å²) in [5, 5.41) is 19.8. The van der Waals surface area contributed by atoms with Gasteiger partial charge < -0.3 is 14.9 Å². The first-order valence-corrected chi connectivity index (χ1v) is 5.32. The molecule has 0 saturated heterocycles. The van der Waals surface area contributed by atoms with Gasteiger partial charge in [0.05, 0.1) is 7.11 Å². The largest absolute Gasteiger partial charge is 0.507 e. The fourth-order valence-corrected chi connectivity index (χ4v) is 1.76. The molecule has 0 fully saturated rings. The van der Waals surface area contributed by atoms with Crippen LogP contribution in [0.4, 0.5) is 0 Å². The fraction of sp³-hybridized carbons (Fsp3) is 0.0714. The summed E-state index contributed by atoms with van der Waals surface area (Å²) in [6.45, 7) is 0. The molecule has 0 aliphatic heterocycles. The Morgan fingerprint density at radius 3 is 2.44 bits per heavy atom. The molecule has 0 heterocycles. The van der Waals surface area contributed by atoms with E-state index in [-0.39, 0.29) is 17.2 Å². The van der Waals surface area contributed by atoms with Crippen molar-refractivity contribution in [3.05, 3.63) is 42.0 Å². The van der Waals surface area contributed by atoms with Gasteiger partial charge in [0.1, 0.15) is 12.0 Å². The molecule has 92 valence electrons. The number of phenolic OH excluding ortho intramolecular Hbond substituents is 2. The third-order valence-corrected chi connectivity index (χ3v) is 2.65. The molecule has 2 rings (SSSR count). The van der Waals surface area contributed by atoms with E-state index >= 15 is 0 Å². The minimum atomic E-state index is -0.107. The van der Waals surface area contributed by atoms with Crippen molar-refractivity contribution in [2.45, 2.75) is 0 Å². The number of carbonyl (C=O) groups excluding carboxylic acids is 1. The molecule has 0 bridgehead atoms. The molecule has 2 N–H and O–H groups in total. The molecule has 2 aromatic carbocycles. The first kappa shape index (κ1) is 12.0. The second-order valence-corrected chi connectivity index (χ2v) is 3.75. The van der Waals surface area contributed by atoms with E-state index in [0.717, 1.165) is 0 Å². The van der Waals surface area contributed by atoms with Gasteiger partial charge in [-0.2, -0.15) is 0 Å². The van der Waals surface area contributed by atoms with Crippen LogP contribution in [0.1, 0.15) is 10.4 Å². The van der Waals surface area contributed by atoms with Crippen LogP contribution in [0.3, 0.4) is 0 Å². The molecule has 0 unspecified atom stereocenters. The normalized spacial score (nSPS) is 10.1. The molecule has 0 amide bonds. The van der Waals surface area contributed by atoms with Crippen molar-refractivity contribution in [2.75, 3.05) is 7.11 Å². The monoisotopic (exact) mass is 244 g/mol. The molecule has 0 aliphatic carbocycles. The highest BCUT2D eigenvalue weighted by Crippen LogP contribution is 2.41. The second kappa shape index (κ2) is 4.79. The van der Waals surface area contributed by atoms with Gasteiger partial charge in [-0.3, -0.25) is 4.79 Å². The van der Waals surface area contributed by atoms with Gasteiger partial charge in [-0.25, -0.2) is 0 Å². The predicted octanol–water partition coefficient (Wildman–Crippen LogP) is 2.59. The SMILES string of the molecule is COc1cc(C=O)cc(-c2ccccc2O)c1O. The van der Waals surface area contributed by atoms with Crippen molar-refractivity contribution in [2.24, 2.45) is 0 Å². The van der Waals surface area contributed by atoms with Crippen molar-refractivity contribution in [1.82, 2.24) is 0 Å². The maximum atomic E-state index is 10.9. The Bertz CT molecular complexity index is 590.